The van der Waals surface area contributed by atoms with E-state index >= 15 is 0 Å². The van der Waals surface area contributed by atoms with Crippen molar-refractivity contribution in [2.45, 2.75) is 4.90 Å². The Balaban J connectivity index is 2.01. The highest BCUT2D eigenvalue weighted by Crippen LogP contribution is 2.24. The molecule has 3 rings (SSSR count). The normalized spacial score (nSPS) is 11.5. The van der Waals surface area contributed by atoms with E-state index in [-0.39, 0.29) is 10.7 Å². The summed E-state index contributed by atoms with van der Waals surface area (Å²) in [6, 6.07) is 12.1. The predicted molar refractivity (Wildman–Crippen MR) is 84.5 cm³/mol. The van der Waals surface area contributed by atoms with Crippen molar-refractivity contribution in [2.75, 3.05) is 4.72 Å². The first-order chi connectivity index (χ1) is 10.1. The molecule has 1 N–H and O–H groups in total. The van der Waals surface area contributed by atoms with Gasteiger partial charge in [0, 0.05) is 22.3 Å². The fraction of sp³-hybridized carbons (Fsp3) is 0. The molecule has 0 atom stereocenters. The summed E-state index contributed by atoms with van der Waals surface area (Å²) >= 11 is 3.41. The van der Waals surface area contributed by atoms with Gasteiger partial charge in [-0.1, -0.05) is 12.1 Å². The summed E-state index contributed by atoms with van der Waals surface area (Å²) in [4.78, 5) is 8.23. The van der Waals surface area contributed by atoms with Crippen LogP contribution in [0.15, 0.2) is 64.2 Å². The van der Waals surface area contributed by atoms with E-state index in [4.69, 9.17) is 0 Å². The zero-order valence-corrected chi connectivity index (χ0v) is 13.1. The number of anilines is 1. The van der Waals surface area contributed by atoms with Crippen molar-refractivity contribution < 1.29 is 8.42 Å². The Labute approximate surface area is 130 Å². The van der Waals surface area contributed by atoms with Crippen molar-refractivity contribution in [3.05, 3.63) is 59.3 Å². The van der Waals surface area contributed by atoms with Gasteiger partial charge in [0.05, 0.1) is 5.52 Å². The van der Waals surface area contributed by atoms with Crippen molar-refractivity contribution >= 4 is 42.7 Å². The number of hydrogen-bond donors (Lipinski definition) is 1. The molecular weight excluding hydrogens is 354 g/mol. The third-order valence-electron chi connectivity index (χ3n) is 2.85. The number of hydrogen-bond acceptors (Lipinski definition) is 4. The minimum atomic E-state index is -3.69. The Morgan fingerprint density at radius 2 is 1.90 bits per heavy atom. The Kier molecular flexibility index (Phi) is 3.60. The van der Waals surface area contributed by atoms with Crippen LogP contribution < -0.4 is 4.72 Å². The molecular formula is C14H10BrN3O2S. The monoisotopic (exact) mass is 363 g/mol. The second-order valence-electron chi connectivity index (χ2n) is 4.30. The molecule has 0 fully saturated rings. The summed E-state index contributed by atoms with van der Waals surface area (Å²) in [6.07, 6.45) is 2.81. The predicted octanol–water partition coefficient (Wildman–Crippen LogP) is 3.19. The van der Waals surface area contributed by atoms with E-state index in [0.717, 1.165) is 9.86 Å². The van der Waals surface area contributed by atoms with Gasteiger partial charge >= 0.3 is 0 Å². The smallest absolute Gasteiger partial charge is 0.263 e. The van der Waals surface area contributed by atoms with Crippen LogP contribution in [0.4, 0.5) is 5.82 Å². The van der Waals surface area contributed by atoms with Crippen molar-refractivity contribution in [3.63, 3.8) is 0 Å². The second kappa shape index (κ2) is 5.42. The summed E-state index contributed by atoms with van der Waals surface area (Å²) in [5.74, 6) is 0.262. The van der Waals surface area contributed by atoms with E-state index in [1.165, 1.54) is 18.5 Å². The molecule has 2 heterocycles. The van der Waals surface area contributed by atoms with Gasteiger partial charge in [0.1, 0.15) is 10.7 Å². The minimum Gasteiger partial charge on any atom is -0.263 e. The number of halogens is 1. The van der Waals surface area contributed by atoms with Crippen molar-refractivity contribution in [1.29, 1.82) is 0 Å². The standard InChI is InChI=1S/C14H10BrN3O2S/c15-12-5-1-3-10-6-7-13(17-14(10)12)18-21(19,20)11-4-2-8-16-9-11/h1-9H,(H,17,18). The Morgan fingerprint density at radius 3 is 2.67 bits per heavy atom. The largest absolute Gasteiger partial charge is 0.264 e. The Bertz CT molecular complexity index is 898. The van der Waals surface area contributed by atoms with E-state index < -0.39 is 10.0 Å². The second-order valence-corrected chi connectivity index (χ2v) is 6.84. The fourth-order valence-corrected chi connectivity index (χ4v) is 3.30. The van der Waals surface area contributed by atoms with Gasteiger partial charge in [-0.25, -0.2) is 13.4 Å². The number of nitrogens with one attached hydrogen (secondary N) is 1. The number of nitrogens with zero attached hydrogens (tertiary/aromatic N) is 2. The summed E-state index contributed by atoms with van der Waals surface area (Å²) in [6.45, 7) is 0. The lowest BCUT2D eigenvalue weighted by atomic mass is 10.2. The van der Waals surface area contributed by atoms with Gasteiger partial charge < -0.3 is 0 Å². The van der Waals surface area contributed by atoms with Crippen LogP contribution in [0.5, 0.6) is 0 Å². The fourth-order valence-electron chi connectivity index (χ4n) is 1.87. The number of para-hydroxylation sites is 1. The molecule has 1 aromatic carbocycles. The molecule has 21 heavy (non-hydrogen) atoms. The third-order valence-corrected chi connectivity index (χ3v) is 4.83. The van der Waals surface area contributed by atoms with Crippen LogP contribution in [0.25, 0.3) is 10.9 Å². The van der Waals surface area contributed by atoms with Crippen molar-refractivity contribution in [2.24, 2.45) is 0 Å². The first kappa shape index (κ1) is 14.0. The maximum atomic E-state index is 12.2. The lowest BCUT2D eigenvalue weighted by Crippen LogP contribution is -2.14. The van der Waals surface area contributed by atoms with Crippen LogP contribution in [-0.2, 0) is 10.0 Å². The molecule has 0 amide bonds. The van der Waals surface area contributed by atoms with E-state index in [1.54, 1.807) is 12.1 Å². The van der Waals surface area contributed by atoms with Crippen LogP contribution >= 0.6 is 15.9 Å². The summed E-state index contributed by atoms with van der Waals surface area (Å²) in [5, 5.41) is 0.925. The van der Waals surface area contributed by atoms with Crippen LogP contribution in [0.2, 0.25) is 0 Å². The average molecular weight is 364 g/mol. The quantitative estimate of drug-likeness (QED) is 0.775. The number of rotatable bonds is 3. The first-order valence-electron chi connectivity index (χ1n) is 6.04. The minimum absolute atomic E-state index is 0.0963. The summed E-state index contributed by atoms with van der Waals surface area (Å²) in [7, 11) is -3.69. The van der Waals surface area contributed by atoms with Gasteiger partial charge in [-0.3, -0.25) is 9.71 Å². The maximum Gasteiger partial charge on any atom is 0.264 e. The van der Waals surface area contributed by atoms with Crippen LogP contribution in [0, 0.1) is 0 Å². The SMILES string of the molecule is O=S(=O)(Nc1ccc2cccc(Br)c2n1)c1cccnc1. The molecule has 0 saturated carbocycles. The van der Waals surface area contributed by atoms with Crippen molar-refractivity contribution in [1.82, 2.24) is 9.97 Å². The van der Waals surface area contributed by atoms with Gasteiger partial charge in [0.25, 0.3) is 10.0 Å². The van der Waals surface area contributed by atoms with Gasteiger partial charge in [-0.15, -0.1) is 0 Å². The lowest BCUT2D eigenvalue weighted by Gasteiger charge is -2.08. The number of aromatic nitrogens is 2. The van der Waals surface area contributed by atoms with Gasteiger partial charge in [-0.05, 0) is 46.3 Å². The highest BCUT2D eigenvalue weighted by Gasteiger charge is 2.15. The van der Waals surface area contributed by atoms with Crippen LogP contribution in [-0.4, -0.2) is 18.4 Å². The number of sulfonamides is 1. The Morgan fingerprint density at radius 1 is 1.05 bits per heavy atom. The van der Waals surface area contributed by atoms with E-state index in [2.05, 4.69) is 30.6 Å². The molecule has 5 nitrogen and oxygen atoms in total. The molecule has 0 unspecified atom stereocenters. The lowest BCUT2D eigenvalue weighted by molar-refractivity contribution is 0.600. The Hall–Kier alpha value is -1.99. The molecule has 0 aliphatic carbocycles. The van der Waals surface area contributed by atoms with Gasteiger partial charge in [-0.2, -0.15) is 0 Å². The molecule has 7 heteroatoms. The molecule has 0 spiro atoms. The molecule has 0 saturated heterocycles. The number of fused-ring (bicyclic) bond motifs is 1. The molecule has 2 aromatic heterocycles. The summed E-state index contributed by atoms with van der Waals surface area (Å²) in [5.41, 5.74) is 0.698. The molecule has 3 aromatic rings. The van der Waals surface area contributed by atoms with Gasteiger partial charge in [0.2, 0.25) is 0 Å². The highest BCUT2D eigenvalue weighted by atomic mass is 79.9. The first-order valence-corrected chi connectivity index (χ1v) is 8.32. The van der Waals surface area contributed by atoms with E-state index in [0.29, 0.717) is 5.52 Å². The molecule has 0 aliphatic rings. The topological polar surface area (TPSA) is 72.0 Å². The van der Waals surface area contributed by atoms with Crippen LogP contribution in [0.3, 0.4) is 0 Å². The average Bonchev–Trinajstić information content (AvgIpc) is 2.49. The maximum absolute atomic E-state index is 12.2. The van der Waals surface area contributed by atoms with Gasteiger partial charge in [0.15, 0.2) is 0 Å². The number of pyridine rings is 2. The molecule has 0 aliphatic heterocycles. The third kappa shape index (κ3) is 2.88. The zero-order chi connectivity index (χ0) is 14.9. The van der Waals surface area contributed by atoms with Crippen LogP contribution in [0.1, 0.15) is 0 Å². The number of benzene rings is 1. The zero-order valence-electron chi connectivity index (χ0n) is 10.7. The van der Waals surface area contributed by atoms with E-state index in [9.17, 15) is 8.42 Å². The summed E-state index contributed by atoms with van der Waals surface area (Å²) < 4.78 is 27.7. The molecule has 106 valence electrons. The molecule has 0 bridgehead atoms. The van der Waals surface area contributed by atoms with Crippen molar-refractivity contribution in [3.8, 4) is 0 Å². The highest BCUT2D eigenvalue weighted by molar-refractivity contribution is 9.10. The molecule has 0 radical (unpaired) electrons. The van der Waals surface area contributed by atoms with E-state index in [1.807, 2.05) is 24.3 Å².